The van der Waals surface area contributed by atoms with Gasteiger partial charge in [-0.2, -0.15) is 12.6 Å². The van der Waals surface area contributed by atoms with Gasteiger partial charge in [-0.1, -0.05) is 24.3 Å². The second-order valence-corrected chi connectivity index (χ2v) is 12.4. The largest absolute Gasteiger partial charge is 0.384 e. The number of anilines is 2. The number of amides is 2. The molecule has 0 bridgehead atoms. The molecule has 9 nitrogen and oxygen atoms in total. The highest BCUT2D eigenvalue weighted by atomic mass is 32.1. The Hall–Kier alpha value is -3.21. The lowest BCUT2D eigenvalue weighted by molar-refractivity contribution is -0.882. The molecule has 0 spiro atoms. The summed E-state index contributed by atoms with van der Waals surface area (Å²) in [5.41, 5.74) is 2.13. The molecule has 0 unspecified atom stereocenters. The lowest BCUT2D eigenvalue weighted by atomic mass is 9.82. The van der Waals surface area contributed by atoms with Crippen LogP contribution in [0, 0.1) is 0 Å². The van der Waals surface area contributed by atoms with Gasteiger partial charge in [-0.15, -0.1) is 0 Å². The minimum atomic E-state index is -0.277. The quantitative estimate of drug-likeness (QED) is 0.136. The third-order valence-corrected chi connectivity index (χ3v) is 7.07. The summed E-state index contributed by atoms with van der Waals surface area (Å²) in [5.74, 6) is -0.128. The zero-order chi connectivity index (χ0) is 29.5. The standard InChI is InChI=1S/C30H41N5O4S/c1-34(2,3)17-8-12-25(36)33-24-14-13-23(31-15-9-18-35(4,5)20-26(37)32-16-19-40)27-28(24)30(39)22-11-7-6-10-21(22)29(27)38/h6-7,10-11,13-14H,8-9,12,15-20H2,1-5H3,(H2-2,31,32,33,36,37,38,39,40)/p+2. The summed E-state index contributed by atoms with van der Waals surface area (Å²) < 4.78 is 1.27. The molecule has 0 aromatic heterocycles. The number of ketones is 2. The van der Waals surface area contributed by atoms with Gasteiger partial charge < -0.3 is 24.9 Å². The van der Waals surface area contributed by atoms with E-state index < -0.39 is 0 Å². The first-order chi connectivity index (χ1) is 18.8. The Bertz CT molecular complexity index is 1270. The topological polar surface area (TPSA) is 104 Å². The maximum atomic E-state index is 13.6. The van der Waals surface area contributed by atoms with Crippen LogP contribution in [0.25, 0.3) is 0 Å². The molecule has 0 fully saturated rings. The van der Waals surface area contributed by atoms with Crippen molar-refractivity contribution in [3.63, 3.8) is 0 Å². The number of thiol groups is 1. The average Bonchev–Trinajstić information content (AvgIpc) is 2.88. The van der Waals surface area contributed by atoms with Crippen molar-refractivity contribution in [2.45, 2.75) is 19.3 Å². The Morgan fingerprint density at radius 1 is 0.775 bits per heavy atom. The zero-order valence-electron chi connectivity index (χ0n) is 24.3. The van der Waals surface area contributed by atoms with E-state index in [1.54, 1.807) is 36.4 Å². The van der Waals surface area contributed by atoms with E-state index in [9.17, 15) is 19.2 Å². The van der Waals surface area contributed by atoms with Gasteiger partial charge in [0.25, 0.3) is 5.91 Å². The van der Waals surface area contributed by atoms with Crippen molar-refractivity contribution < 1.29 is 28.1 Å². The van der Waals surface area contributed by atoms with Gasteiger partial charge >= 0.3 is 0 Å². The van der Waals surface area contributed by atoms with Gasteiger partial charge in [0.15, 0.2) is 18.1 Å². The van der Waals surface area contributed by atoms with Crippen molar-refractivity contribution in [1.82, 2.24) is 5.32 Å². The Balaban J connectivity index is 1.77. The fraction of sp³-hybridized carbons (Fsp3) is 0.467. The summed E-state index contributed by atoms with van der Waals surface area (Å²) in [7, 11) is 10.2. The van der Waals surface area contributed by atoms with Crippen LogP contribution in [0.4, 0.5) is 11.4 Å². The molecular weight excluding hydrogens is 526 g/mol. The van der Waals surface area contributed by atoms with Crippen LogP contribution in [0.5, 0.6) is 0 Å². The molecule has 0 saturated heterocycles. The molecule has 40 heavy (non-hydrogen) atoms. The van der Waals surface area contributed by atoms with Gasteiger partial charge in [0, 0.05) is 54.9 Å². The Labute approximate surface area is 242 Å². The molecule has 3 rings (SSSR count). The molecule has 2 amide bonds. The van der Waals surface area contributed by atoms with Crippen LogP contribution in [0.15, 0.2) is 36.4 Å². The molecule has 0 aliphatic heterocycles. The molecule has 0 radical (unpaired) electrons. The van der Waals surface area contributed by atoms with Crippen LogP contribution in [-0.4, -0.2) is 106 Å². The van der Waals surface area contributed by atoms with Gasteiger partial charge in [0.1, 0.15) is 0 Å². The number of nitrogens with zero attached hydrogens (tertiary/aromatic N) is 2. The smallest absolute Gasteiger partial charge is 0.275 e. The first kappa shape index (κ1) is 31.3. The van der Waals surface area contributed by atoms with E-state index in [0.29, 0.717) is 65.2 Å². The number of nitrogens with one attached hydrogen (secondary N) is 3. The number of carbonyl (C=O) groups is 4. The highest BCUT2D eigenvalue weighted by molar-refractivity contribution is 7.80. The fourth-order valence-corrected chi connectivity index (χ4v) is 4.96. The van der Waals surface area contributed by atoms with E-state index in [1.807, 2.05) is 14.1 Å². The molecule has 10 heteroatoms. The Morgan fingerprint density at radius 2 is 1.38 bits per heavy atom. The van der Waals surface area contributed by atoms with E-state index in [-0.39, 0.29) is 34.5 Å². The second kappa shape index (κ2) is 13.4. The van der Waals surface area contributed by atoms with Crippen LogP contribution in [0.3, 0.4) is 0 Å². The molecule has 2 aromatic carbocycles. The van der Waals surface area contributed by atoms with Crippen molar-refractivity contribution in [3.8, 4) is 0 Å². The summed E-state index contributed by atoms with van der Waals surface area (Å²) in [6.07, 6.45) is 1.77. The molecule has 216 valence electrons. The predicted molar refractivity (Wildman–Crippen MR) is 162 cm³/mol. The summed E-state index contributed by atoms with van der Waals surface area (Å²) in [4.78, 5) is 52.2. The number of likely N-dealkylation sites (N-methyl/N-ethyl adjacent to an activating group) is 1. The summed E-state index contributed by atoms with van der Waals surface area (Å²) >= 11 is 4.12. The van der Waals surface area contributed by atoms with E-state index in [1.165, 1.54) is 0 Å². The molecule has 0 saturated carbocycles. The predicted octanol–water partition coefficient (Wildman–Crippen LogP) is 2.81. The molecular formula is C30H43N5O4S+2. The number of benzene rings is 2. The van der Waals surface area contributed by atoms with Gasteiger partial charge in [0.05, 0.1) is 65.1 Å². The molecule has 2 aromatic rings. The number of fused-ring (bicyclic) bond motifs is 2. The molecule has 3 N–H and O–H groups in total. The first-order valence-corrected chi connectivity index (χ1v) is 14.4. The normalized spacial score (nSPS) is 12.9. The van der Waals surface area contributed by atoms with E-state index in [0.717, 1.165) is 24.0 Å². The maximum Gasteiger partial charge on any atom is 0.275 e. The lowest BCUT2D eigenvalue weighted by Gasteiger charge is -2.29. The summed E-state index contributed by atoms with van der Waals surface area (Å²) in [6.45, 7) is 3.02. The van der Waals surface area contributed by atoms with Crippen LogP contribution in [-0.2, 0) is 9.59 Å². The van der Waals surface area contributed by atoms with E-state index in [2.05, 4.69) is 49.7 Å². The summed E-state index contributed by atoms with van der Waals surface area (Å²) in [5, 5.41) is 9.08. The Morgan fingerprint density at radius 3 is 1.98 bits per heavy atom. The van der Waals surface area contributed by atoms with Crippen LogP contribution in [0.2, 0.25) is 0 Å². The highest BCUT2D eigenvalue weighted by Crippen LogP contribution is 2.36. The second-order valence-electron chi connectivity index (χ2n) is 12.0. The summed E-state index contributed by atoms with van der Waals surface area (Å²) in [6, 6.07) is 10.2. The number of hydrogen-bond donors (Lipinski definition) is 4. The fourth-order valence-electron chi connectivity index (χ4n) is 4.85. The van der Waals surface area contributed by atoms with Crippen LogP contribution in [0.1, 0.15) is 51.1 Å². The monoisotopic (exact) mass is 569 g/mol. The number of quaternary nitrogens is 2. The Kier molecular flexibility index (Phi) is 10.5. The van der Waals surface area contributed by atoms with Gasteiger partial charge in [-0.05, 0) is 12.1 Å². The molecule has 0 heterocycles. The SMILES string of the molecule is C[N+](C)(C)CCCC(=O)Nc1ccc(NCCC[N+](C)(C)CC(=O)NCCS)c2c1C(=O)c1ccccc1C2=O. The third-order valence-electron chi connectivity index (χ3n) is 6.84. The first-order valence-electron chi connectivity index (χ1n) is 13.7. The van der Waals surface area contributed by atoms with Crippen molar-refractivity contribution >= 4 is 47.4 Å². The van der Waals surface area contributed by atoms with Crippen molar-refractivity contribution in [3.05, 3.63) is 58.7 Å². The maximum absolute atomic E-state index is 13.6. The number of hydrogen-bond acceptors (Lipinski definition) is 6. The van der Waals surface area contributed by atoms with Gasteiger partial charge in [0.2, 0.25) is 5.91 Å². The molecule has 1 aliphatic rings. The molecule has 0 atom stereocenters. The number of rotatable bonds is 14. The minimum absolute atomic E-state index is 0.0149. The zero-order valence-corrected chi connectivity index (χ0v) is 25.2. The third kappa shape index (κ3) is 8.39. The van der Waals surface area contributed by atoms with Crippen molar-refractivity contribution in [1.29, 1.82) is 0 Å². The average molecular weight is 570 g/mol. The lowest BCUT2D eigenvalue weighted by Crippen LogP contribution is -2.48. The van der Waals surface area contributed by atoms with Crippen LogP contribution < -0.4 is 16.0 Å². The highest BCUT2D eigenvalue weighted by Gasteiger charge is 2.34. The van der Waals surface area contributed by atoms with E-state index >= 15 is 0 Å². The van der Waals surface area contributed by atoms with Crippen LogP contribution >= 0.6 is 12.6 Å². The van der Waals surface area contributed by atoms with Crippen molar-refractivity contribution in [2.75, 3.05) is 84.3 Å². The molecule has 1 aliphatic carbocycles. The minimum Gasteiger partial charge on any atom is -0.384 e. The van der Waals surface area contributed by atoms with Gasteiger partial charge in [-0.25, -0.2) is 0 Å². The van der Waals surface area contributed by atoms with Gasteiger partial charge in [-0.3, -0.25) is 19.2 Å². The van der Waals surface area contributed by atoms with Crippen molar-refractivity contribution in [2.24, 2.45) is 0 Å². The van der Waals surface area contributed by atoms with E-state index in [4.69, 9.17) is 0 Å². The number of carbonyl (C=O) groups excluding carboxylic acids is 4.